The van der Waals surface area contributed by atoms with Crippen molar-refractivity contribution < 1.29 is 0 Å². The van der Waals surface area contributed by atoms with Crippen molar-refractivity contribution in [3.8, 4) is 0 Å². The molecule has 0 saturated heterocycles. The zero-order valence-corrected chi connectivity index (χ0v) is 13.6. The molecule has 0 aliphatic rings. The van der Waals surface area contributed by atoms with E-state index in [0.29, 0.717) is 0 Å². The zero-order chi connectivity index (χ0) is 15.0. The Morgan fingerprint density at radius 1 is 1.05 bits per heavy atom. The maximum absolute atomic E-state index is 4.58. The van der Waals surface area contributed by atoms with E-state index in [9.17, 15) is 0 Å². The fourth-order valence-electron chi connectivity index (χ4n) is 2.30. The predicted octanol–water partition coefficient (Wildman–Crippen LogP) is 4.92. The second-order valence-electron chi connectivity index (χ2n) is 5.33. The molecule has 0 bridgehead atoms. The van der Waals surface area contributed by atoms with Gasteiger partial charge in [0.15, 0.2) is 0 Å². The van der Waals surface area contributed by atoms with Gasteiger partial charge >= 0.3 is 0 Å². The van der Waals surface area contributed by atoms with Crippen molar-refractivity contribution in [2.75, 3.05) is 5.32 Å². The molecule has 0 aliphatic heterocycles. The molecule has 2 aromatic heterocycles. The van der Waals surface area contributed by atoms with Crippen molar-refractivity contribution in [3.05, 3.63) is 46.1 Å². The van der Waals surface area contributed by atoms with Crippen LogP contribution in [0.15, 0.2) is 24.3 Å². The molecule has 0 spiro atoms. The Hall–Kier alpha value is -1.94. The van der Waals surface area contributed by atoms with Crippen LogP contribution in [0.5, 0.6) is 0 Å². The fourth-order valence-corrected chi connectivity index (χ4v) is 3.32. The summed E-state index contributed by atoms with van der Waals surface area (Å²) in [6.07, 6.45) is 1.03. The lowest BCUT2D eigenvalue weighted by Crippen LogP contribution is -1.98. The third-order valence-electron chi connectivity index (χ3n) is 3.67. The number of aryl methyl sites for hydroxylation is 4. The minimum Gasteiger partial charge on any atom is -0.340 e. The Balaban J connectivity index is 2.06. The summed E-state index contributed by atoms with van der Waals surface area (Å²) in [5.74, 6) is 1.70. The number of benzene rings is 1. The number of rotatable bonds is 3. The number of hydrogen-bond donors (Lipinski definition) is 1. The van der Waals surface area contributed by atoms with Crippen molar-refractivity contribution in [1.29, 1.82) is 0 Å². The van der Waals surface area contributed by atoms with Gasteiger partial charge in [0, 0.05) is 10.6 Å². The summed E-state index contributed by atoms with van der Waals surface area (Å²) in [5.41, 5.74) is 3.65. The number of aromatic nitrogens is 2. The number of fused-ring (bicyclic) bond motifs is 1. The summed E-state index contributed by atoms with van der Waals surface area (Å²) in [4.78, 5) is 11.5. The Bertz CT molecular complexity index is 805. The average Bonchev–Trinajstić information content (AvgIpc) is 2.86. The van der Waals surface area contributed by atoms with Crippen LogP contribution in [0.1, 0.15) is 28.8 Å². The zero-order valence-electron chi connectivity index (χ0n) is 12.8. The van der Waals surface area contributed by atoms with Crippen molar-refractivity contribution in [3.63, 3.8) is 0 Å². The molecule has 0 fully saturated rings. The first kappa shape index (κ1) is 14.0. The summed E-state index contributed by atoms with van der Waals surface area (Å²) in [5, 5.41) is 4.56. The van der Waals surface area contributed by atoms with Crippen molar-refractivity contribution >= 4 is 33.1 Å². The lowest BCUT2D eigenvalue weighted by molar-refractivity contribution is 1.10. The first-order chi connectivity index (χ1) is 10.1. The normalized spacial score (nSPS) is 11.0. The van der Waals surface area contributed by atoms with Crippen molar-refractivity contribution in [2.45, 2.75) is 34.1 Å². The first-order valence-electron chi connectivity index (χ1n) is 7.18. The molecule has 3 nitrogen and oxygen atoms in total. The van der Waals surface area contributed by atoms with Gasteiger partial charge in [0.25, 0.3) is 0 Å². The molecule has 0 radical (unpaired) electrons. The van der Waals surface area contributed by atoms with Gasteiger partial charge in [-0.1, -0.05) is 13.0 Å². The molecule has 108 valence electrons. The molecule has 1 aromatic carbocycles. The molecule has 3 rings (SSSR count). The molecule has 0 aliphatic carbocycles. The highest BCUT2D eigenvalue weighted by atomic mass is 32.1. The van der Waals surface area contributed by atoms with Crippen LogP contribution in [0, 0.1) is 20.8 Å². The van der Waals surface area contributed by atoms with Gasteiger partial charge in [-0.3, -0.25) is 0 Å². The first-order valence-corrected chi connectivity index (χ1v) is 8.00. The molecule has 0 atom stereocenters. The second kappa shape index (κ2) is 5.45. The lowest BCUT2D eigenvalue weighted by Gasteiger charge is -2.09. The van der Waals surface area contributed by atoms with Gasteiger partial charge in [-0.25, -0.2) is 9.97 Å². The van der Waals surface area contributed by atoms with E-state index in [1.165, 1.54) is 16.0 Å². The highest BCUT2D eigenvalue weighted by Gasteiger charge is 2.10. The van der Waals surface area contributed by atoms with Crippen LogP contribution < -0.4 is 5.32 Å². The van der Waals surface area contributed by atoms with Gasteiger partial charge in [0.05, 0.1) is 5.39 Å². The fraction of sp³-hybridized carbons (Fsp3) is 0.294. The van der Waals surface area contributed by atoms with E-state index in [1.807, 2.05) is 6.92 Å². The lowest BCUT2D eigenvalue weighted by atomic mass is 10.1. The number of nitrogens with one attached hydrogen (secondary N) is 1. The van der Waals surface area contributed by atoms with Crippen molar-refractivity contribution in [1.82, 2.24) is 9.97 Å². The molecular weight excluding hydrogens is 278 g/mol. The Morgan fingerprint density at radius 3 is 2.57 bits per heavy atom. The molecule has 21 heavy (non-hydrogen) atoms. The standard InChI is InChI=1S/C17H19N3S/c1-5-14-9-15-16(18-12(4)19-17(15)21-14)20-13-7-6-10(2)11(3)8-13/h6-9H,5H2,1-4H3,(H,18,19,20). The number of thiophene rings is 1. The average molecular weight is 297 g/mol. The van der Waals surface area contributed by atoms with Crippen LogP contribution in [0.4, 0.5) is 11.5 Å². The number of nitrogens with zero attached hydrogens (tertiary/aromatic N) is 2. The van der Waals surface area contributed by atoms with E-state index < -0.39 is 0 Å². The monoisotopic (exact) mass is 297 g/mol. The molecule has 0 unspecified atom stereocenters. The van der Waals surface area contributed by atoms with E-state index in [0.717, 1.165) is 34.0 Å². The minimum absolute atomic E-state index is 0.804. The molecular formula is C17H19N3S. The van der Waals surface area contributed by atoms with E-state index in [2.05, 4.69) is 60.3 Å². The topological polar surface area (TPSA) is 37.8 Å². The minimum atomic E-state index is 0.804. The van der Waals surface area contributed by atoms with Crippen LogP contribution >= 0.6 is 11.3 Å². The number of hydrogen-bond acceptors (Lipinski definition) is 4. The highest BCUT2D eigenvalue weighted by Crippen LogP contribution is 2.31. The Morgan fingerprint density at radius 2 is 1.86 bits per heavy atom. The van der Waals surface area contributed by atoms with E-state index >= 15 is 0 Å². The summed E-state index contributed by atoms with van der Waals surface area (Å²) in [6.45, 7) is 8.36. The Labute approximate surface area is 129 Å². The Kier molecular flexibility index (Phi) is 3.64. The second-order valence-corrected chi connectivity index (χ2v) is 6.44. The molecule has 2 heterocycles. The summed E-state index contributed by atoms with van der Waals surface area (Å²) in [7, 11) is 0. The van der Waals surface area contributed by atoms with Crippen LogP contribution in [0.25, 0.3) is 10.2 Å². The summed E-state index contributed by atoms with van der Waals surface area (Å²) >= 11 is 1.75. The molecule has 0 saturated carbocycles. The maximum atomic E-state index is 4.58. The van der Waals surface area contributed by atoms with E-state index in [4.69, 9.17) is 0 Å². The van der Waals surface area contributed by atoms with Gasteiger partial charge in [0.1, 0.15) is 16.5 Å². The third-order valence-corrected chi connectivity index (χ3v) is 4.85. The largest absolute Gasteiger partial charge is 0.340 e. The SMILES string of the molecule is CCc1cc2c(Nc3ccc(C)c(C)c3)nc(C)nc2s1. The van der Waals surface area contributed by atoms with Gasteiger partial charge < -0.3 is 5.32 Å². The van der Waals surface area contributed by atoms with Crippen LogP contribution in [-0.2, 0) is 6.42 Å². The van der Waals surface area contributed by atoms with Gasteiger partial charge in [0.2, 0.25) is 0 Å². The van der Waals surface area contributed by atoms with Crippen LogP contribution in [-0.4, -0.2) is 9.97 Å². The number of anilines is 2. The third kappa shape index (κ3) is 2.76. The summed E-state index contributed by atoms with van der Waals surface area (Å²) in [6, 6.07) is 8.58. The van der Waals surface area contributed by atoms with E-state index in [-0.39, 0.29) is 0 Å². The molecule has 4 heteroatoms. The highest BCUT2D eigenvalue weighted by molar-refractivity contribution is 7.18. The summed E-state index contributed by atoms with van der Waals surface area (Å²) < 4.78 is 0. The quantitative estimate of drug-likeness (QED) is 0.745. The van der Waals surface area contributed by atoms with Crippen LogP contribution in [0.2, 0.25) is 0 Å². The smallest absolute Gasteiger partial charge is 0.142 e. The van der Waals surface area contributed by atoms with Crippen LogP contribution in [0.3, 0.4) is 0 Å². The van der Waals surface area contributed by atoms with E-state index in [1.54, 1.807) is 11.3 Å². The van der Waals surface area contributed by atoms with Gasteiger partial charge in [-0.2, -0.15) is 0 Å². The van der Waals surface area contributed by atoms with Crippen molar-refractivity contribution in [2.24, 2.45) is 0 Å². The molecule has 1 N–H and O–H groups in total. The van der Waals surface area contributed by atoms with Gasteiger partial charge in [-0.15, -0.1) is 11.3 Å². The molecule has 3 aromatic rings. The van der Waals surface area contributed by atoms with Gasteiger partial charge in [-0.05, 0) is 56.5 Å². The maximum Gasteiger partial charge on any atom is 0.142 e. The molecule has 0 amide bonds. The predicted molar refractivity (Wildman–Crippen MR) is 90.7 cm³/mol.